The van der Waals surface area contributed by atoms with E-state index in [0.717, 1.165) is 23.9 Å². The minimum absolute atomic E-state index is 0.221. The van der Waals surface area contributed by atoms with Crippen LogP contribution in [0.5, 0.6) is 0 Å². The highest BCUT2D eigenvalue weighted by molar-refractivity contribution is 7.89. The minimum atomic E-state index is -3.50. The smallest absolute Gasteiger partial charge is 0.240 e. The minimum Gasteiger partial charge on any atom is -0.348 e. The van der Waals surface area contributed by atoms with Crippen molar-refractivity contribution in [2.45, 2.75) is 30.6 Å². The van der Waals surface area contributed by atoms with E-state index in [-0.39, 0.29) is 4.90 Å². The molecular formula is C16H20ClN3O2S2. The van der Waals surface area contributed by atoms with Crippen LogP contribution >= 0.6 is 22.9 Å². The third-order valence-corrected chi connectivity index (χ3v) is 6.64. The van der Waals surface area contributed by atoms with Crippen LogP contribution in [0.3, 0.4) is 0 Å². The van der Waals surface area contributed by atoms with Crippen molar-refractivity contribution in [1.82, 2.24) is 9.71 Å². The largest absolute Gasteiger partial charge is 0.348 e. The number of anilines is 1. The van der Waals surface area contributed by atoms with Gasteiger partial charge >= 0.3 is 0 Å². The van der Waals surface area contributed by atoms with E-state index < -0.39 is 10.0 Å². The number of hydrogen-bond donors (Lipinski definition) is 1. The quantitative estimate of drug-likeness (QED) is 0.828. The highest BCUT2D eigenvalue weighted by atomic mass is 35.5. The van der Waals surface area contributed by atoms with Crippen molar-refractivity contribution < 1.29 is 8.42 Å². The van der Waals surface area contributed by atoms with Crippen molar-refractivity contribution in [1.29, 1.82) is 0 Å². The summed E-state index contributed by atoms with van der Waals surface area (Å²) in [5, 5.41) is 3.58. The van der Waals surface area contributed by atoms with Gasteiger partial charge in [0.2, 0.25) is 10.0 Å². The molecule has 2 aromatic rings. The first kappa shape index (κ1) is 17.7. The Morgan fingerprint density at radius 2 is 1.88 bits per heavy atom. The van der Waals surface area contributed by atoms with Gasteiger partial charge in [-0.05, 0) is 43.5 Å². The summed E-state index contributed by atoms with van der Waals surface area (Å²) >= 11 is 7.42. The van der Waals surface area contributed by atoms with Crippen molar-refractivity contribution >= 4 is 38.1 Å². The van der Waals surface area contributed by atoms with E-state index in [1.54, 1.807) is 23.5 Å². The van der Waals surface area contributed by atoms with Crippen molar-refractivity contribution in [3.05, 3.63) is 40.4 Å². The molecule has 24 heavy (non-hydrogen) atoms. The first-order valence-electron chi connectivity index (χ1n) is 7.99. The van der Waals surface area contributed by atoms with E-state index in [9.17, 15) is 8.42 Å². The molecule has 1 aromatic carbocycles. The van der Waals surface area contributed by atoms with E-state index in [0.29, 0.717) is 18.0 Å². The Hall–Kier alpha value is -1.15. The lowest BCUT2D eigenvalue weighted by molar-refractivity contribution is 0.575. The highest BCUT2D eigenvalue weighted by Gasteiger charge is 2.16. The molecule has 0 radical (unpaired) electrons. The second-order valence-electron chi connectivity index (χ2n) is 5.77. The van der Waals surface area contributed by atoms with Crippen molar-refractivity contribution in [2.75, 3.05) is 24.5 Å². The van der Waals surface area contributed by atoms with Crippen LogP contribution in [0.15, 0.2) is 34.5 Å². The first-order chi connectivity index (χ1) is 11.5. The average molecular weight is 386 g/mol. The number of nitrogens with one attached hydrogen (secondary N) is 1. The lowest BCUT2D eigenvalue weighted by atomic mass is 10.1. The summed E-state index contributed by atoms with van der Waals surface area (Å²) in [6, 6.07) is 6.15. The summed E-state index contributed by atoms with van der Waals surface area (Å²) in [5.74, 6) is 0. The zero-order valence-electron chi connectivity index (χ0n) is 13.2. The standard InChI is InChI=1S/C16H20ClN3O2S2/c17-13-4-6-15(7-5-13)24(21,22)18-9-8-14-12-23-16(19-14)20-10-2-1-3-11-20/h4-7,12,18H,1-3,8-11H2. The molecule has 8 heteroatoms. The fourth-order valence-corrected chi connectivity index (χ4v) is 4.72. The topological polar surface area (TPSA) is 62.3 Å². The van der Waals surface area contributed by atoms with Gasteiger partial charge in [0.1, 0.15) is 0 Å². The summed E-state index contributed by atoms with van der Waals surface area (Å²) in [6.45, 7) is 2.46. The summed E-state index contributed by atoms with van der Waals surface area (Å²) in [6.07, 6.45) is 4.31. The van der Waals surface area contributed by atoms with Gasteiger partial charge in [-0.2, -0.15) is 0 Å². The van der Waals surface area contributed by atoms with Gasteiger partial charge in [0.05, 0.1) is 10.6 Å². The molecule has 0 atom stereocenters. The maximum Gasteiger partial charge on any atom is 0.240 e. The Morgan fingerprint density at radius 3 is 2.58 bits per heavy atom. The maximum absolute atomic E-state index is 12.2. The molecule has 130 valence electrons. The van der Waals surface area contributed by atoms with Crippen LogP contribution in [0.4, 0.5) is 5.13 Å². The monoisotopic (exact) mass is 385 g/mol. The van der Waals surface area contributed by atoms with E-state index in [2.05, 4.69) is 14.6 Å². The molecule has 0 bridgehead atoms. The number of benzene rings is 1. The third-order valence-electron chi connectivity index (χ3n) is 3.96. The molecule has 1 aliphatic rings. The number of halogens is 1. The predicted octanol–water partition coefficient (Wildman–Crippen LogP) is 3.31. The molecular weight excluding hydrogens is 366 g/mol. The molecule has 2 heterocycles. The summed E-state index contributed by atoms with van der Waals surface area (Å²) < 4.78 is 27.0. The molecule has 3 rings (SSSR count). The van der Waals surface area contributed by atoms with Crippen LogP contribution in [0.25, 0.3) is 0 Å². The number of piperidine rings is 1. The van der Waals surface area contributed by atoms with Gasteiger partial charge in [0.25, 0.3) is 0 Å². The zero-order valence-corrected chi connectivity index (χ0v) is 15.6. The van der Waals surface area contributed by atoms with Gasteiger partial charge in [0.15, 0.2) is 5.13 Å². The van der Waals surface area contributed by atoms with Crippen LogP contribution in [0.2, 0.25) is 5.02 Å². The summed E-state index contributed by atoms with van der Waals surface area (Å²) in [4.78, 5) is 7.17. The predicted molar refractivity (Wildman–Crippen MR) is 98.5 cm³/mol. The number of nitrogens with zero attached hydrogens (tertiary/aromatic N) is 2. The molecule has 1 aliphatic heterocycles. The number of sulfonamides is 1. The number of hydrogen-bond acceptors (Lipinski definition) is 5. The van der Waals surface area contributed by atoms with E-state index in [4.69, 9.17) is 11.6 Å². The second kappa shape index (κ2) is 7.82. The van der Waals surface area contributed by atoms with Gasteiger partial charge in [0, 0.05) is 36.5 Å². The Bertz CT molecular complexity index is 769. The third kappa shape index (κ3) is 4.47. The average Bonchev–Trinajstić information content (AvgIpc) is 3.05. The second-order valence-corrected chi connectivity index (χ2v) is 8.81. The highest BCUT2D eigenvalue weighted by Crippen LogP contribution is 2.24. The Morgan fingerprint density at radius 1 is 1.17 bits per heavy atom. The molecule has 5 nitrogen and oxygen atoms in total. The lowest BCUT2D eigenvalue weighted by Gasteiger charge is -2.25. The molecule has 0 amide bonds. The lowest BCUT2D eigenvalue weighted by Crippen LogP contribution is -2.29. The van der Waals surface area contributed by atoms with E-state index in [1.807, 2.05) is 5.38 Å². The number of aromatic nitrogens is 1. The van der Waals surface area contributed by atoms with E-state index >= 15 is 0 Å². The molecule has 0 saturated carbocycles. The molecule has 1 aromatic heterocycles. The fourth-order valence-electron chi connectivity index (χ4n) is 2.65. The summed E-state index contributed by atoms with van der Waals surface area (Å²) in [7, 11) is -3.50. The molecule has 1 saturated heterocycles. The fraction of sp³-hybridized carbons (Fsp3) is 0.438. The van der Waals surface area contributed by atoms with Gasteiger partial charge in [-0.25, -0.2) is 18.1 Å². The van der Waals surface area contributed by atoms with Crippen molar-refractivity contribution in [3.8, 4) is 0 Å². The van der Waals surface area contributed by atoms with Crippen LogP contribution in [0.1, 0.15) is 25.0 Å². The van der Waals surface area contributed by atoms with Crippen LogP contribution in [-0.2, 0) is 16.4 Å². The van der Waals surface area contributed by atoms with Gasteiger partial charge in [-0.15, -0.1) is 11.3 Å². The van der Waals surface area contributed by atoms with Gasteiger partial charge in [-0.3, -0.25) is 0 Å². The van der Waals surface area contributed by atoms with Crippen LogP contribution in [0, 0.1) is 0 Å². The SMILES string of the molecule is O=S(=O)(NCCc1csc(N2CCCCC2)n1)c1ccc(Cl)cc1. The Labute approximate surface area is 151 Å². The van der Waals surface area contributed by atoms with Crippen molar-refractivity contribution in [2.24, 2.45) is 0 Å². The van der Waals surface area contributed by atoms with Gasteiger partial charge in [-0.1, -0.05) is 11.6 Å². The first-order valence-corrected chi connectivity index (χ1v) is 10.7. The molecule has 0 aliphatic carbocycles. The van der Waals surface area contributed by atoms with E-state index in [1.165, 1.54) is 31.4 Å². The normalized spacial score (nSPS) is 15.6. The zero-order chi connectivity index (χ0) is 17.0. The van der Waals surface area contributed by atoms with Crippen LogP contribution < -0.4 is 9.62 Å². The van der Waals surface area contributed by atoms with Crippen LogP contribution in [-0.4, -0.2) is 33.0 Å². The Kier molecular flexibility index (Phi) is 5.76. The number of rotatable bonds is 6. The molecule has 0 spiro atoms. The maximum atomic E-state index is 12.2. The molecule has 1 fully saturated rings. The molecule has 1 N–H and O–H groups in total. The van der Waals surface area contributed by atoms with Crippen molar-refractivity contribution in [3.63, 3.8) is 0 Å². The Balaban J connectivity index is 1.54. The summed E-state index contributed by atoms with van der Waals surface area (Å²) in [5.41, 5.74) is 0.930. The molecule has 0 unspecified atom stereocenters. The van der Waals surface area contributed by atoms with Gasteiger partial charge < -0.3 is 4.90 Å². The number of thiazole rings is 1.